The van der Waals surface area contributed by atoms with Gasteiger partial charge in [0.15, 0.2) is 0 Å². The second-order valence-electron chi connectivity index (χ2n) is 5.86. The monoisotopic (exact) mass is 391 g/mol. The standard InChI is InChI=1S/C16H17N5O3S2/c22-26(23,13-3-1-5-17-11-13)21-8-6-20(7-9-21)12-15-18-16(19-24-15)14-4-2-10-25-14/h1-5,10-11H,6-9,12H2. The normalized spacial score (nSPS) is 16.8. The summed E-state index contributed by atoms with van der Waals surface area (Å²) in [4.78, 5) is 11.6. The van der Waals surface area contributed by atoms with Crippen LogP contribution in [-0.2, 0) is 16.6 Å². The molecule has 0 atom stereocenters. The zero-order valence-corrected chi connectivity index (χ0v) is 15.5. The van der Waals surface area contributed by atoms with Gasteiger partial charge in [-0.25, -0.2) is 8.42 Å². The minimum atomic E-state index is -3.49. The third-order valence-electron chi connectivity index (χ3n) is 4.17. The second kappa shape index (κ2) is 7.23. The first kappa shape index (κ1) is 17.3. The van der Waals surface area contributed by atoms with Gasteiger partial charge in [0.2, 0.25) is 21.7 Å². The molecule has 1 aliphatic rings. The Morgan fingerprint density at radius 3 is 2.69 bits per heavy atom. The number of nitrogens with zero attached hydrogens (tertiary/aromatic N) is 5. The predicted octanol–water partition coefficient (Wildman–Crippen LogP) is 1.70. The molecule has 0 unspecified atom stereocenters. The average molecular weight is 391 g/mol. The van der Waals surface area contributed by atoms with E-state index >= 15 is 0 Å². The first-order chi connectivity index (χ1) is 12.6. The summed E-state index contributed by atoms with van der Waals surface area (Å²) in [6.45, 7) is 2.57. The Morgan fingerprint density at radius 2 is 2.00 bits per heavy atom. The molecule has 0 saturated carbocycles. The van der Waals surface area contributed by atoms with Crippen molar-refractivity contribution in [1.29, 1.82) is 0 Å². The average Bonchev–Trinajstić information content (AvgIpc) is 3.34. The molecule has 0 amide bonds. The second-order valence-corrected chi connectivity index (χ2v) is 8.74. The maximum absolute atomic E-state index is 12.6. The zero-order valence-electron chi connectivity index (χ0n) is 13.9. The minimum absolute atomic E-state index is 0.228. The molecule has 1 saturated heterocycles. The highest BCUT2D eigenvalue weighted by Gasteiger charge is 2.29. The van der Waals surface area contributed by atoms with Gasteiger partial charge in [0.25, 0.3) is 0 Å². The van der Waals surface area contributed by atoms with E-state index in [1.54, 1.807) is 29.7 Å². The number of aromatic nitrogens is 3. The number of sulfonamides is 1. The highest BCUT2D eigenvalue weighted by molar-refractivity contribution is 7.89. The van der Waals surface area contributed by atoms with E-state index in [0.717, 1.165) is 4.88 Å². The van der Waals surface area contributed by atoms with Gasteiger partial charge in [-0.3, -0.25) is 9.88 Å². The molecule has 0 radical (unpaired) electrons. The Morgan fingerprint density at radius 1 is 1.15 bits per heavy atom. The SMILES string of the molecule is O=S(=O)(c1cccnc1)N1CCN(Cc2nc(-c3cccs3)no2)CC1. The van der Waals surface area contributed by atoms with Crippen LogP contribution in [-0.4, -0.2) is 58.9 Å². The zero-order chi connectivity index (χ0) is 18.0. The summed E-state index contributed by atoms with van der Waals surface area (Å²) in [5.74, 6) is 1.13. The molecule has 0 N–H and O–H groups in total. The molecule has 0 spiro atoms. The number of rotatable bonds is 5. The van der Waals surface area contributed by atoms with E-state index in [-0.39, 0.29) is 4.90 Å². The topological polar surface area (TPSA) is 92.4 Å². The van der Waals surface area contributed by atoms with Gasteiger partial charge < -0.3 is 4.52 Å². The molecular formula is C16H17N5O3S2. The van der Waals surface area contributed by atoms with Crippen molar-refractivity contribution in [2.45, 2.75) is 11.4 Å². The van der Waals surface area contributed by atoms with Gasteiger partial charge in [-0.2, -0.15) is 9.29 Å². The lowest BCUT2D eigenvalue weighted by Crippen LogP contribution is -2.48. The summed E-state index contributed by atoms with van der Waals surface area (Å²) in [6, 6.07) is 7.09. The summed E-state index contributed by atoms with van der Waals surface area (Å²) in [7, 11) is -3.49. The maximum atomic E-state index is 12.6. The van der Waals surface area contributed by atoms with E-state index < -0.39 is 10.0 Å². The minimum Gasteiger partial charge on any atom is -0.338 e. The Labute approximate surface area is 155 Å². The first-order valence-corrected chi connectivity index (χ1v) is 10.4. The smallest absolute Gasteiger partial charge is 0.244 e. The summed E-state index contributed by atoms with van der Waals surface area (Å²) in [5, 5.41) is 5.97. The van der Waals surface area contributed by atoms with Crippen LogP contribution >= 0.6 is 11.3 Å². The molecule has 4 rings (SSSR count). The number of pyridine rings is 1. The van der Waals surface area contributed by atoms with Crippen LogP contribution in [0.4, 0.5) is 0 Å². The molecule has 10 heteroatoms. The van der Waals surface area contributed by atoms with Gasteiger partial charge in [-0.15, -0.1) is 11.3 Å². The quantitative estimate of drug-likeness (QED) is 0.653. The van der Waals surface area contributed by atoms with Crippen molar-refractivity contribution < 1.29 is 12.9 Å². The van der Waals surface area contributed by atoms with E-state index in [1.165, 1.54) is 10.5 Å². The van der Waals surface area contributed by atoms with Crippen LogP contribution in [0.5, 0.6) is 0 Å². The van der Waals surface area contributed by atoms with Crippen LogP contribution < -0.4 is 0 Å². The highest BCUT2D eigenvalue weighted by atomic mass is 32.2. The Hall–Kier alpha value is -2.14. The summed E-state index contributed by atoms with van der Waals surface area (Å²) < 4.78 is 32.0. The molecule has 136 valence electrons. The number of thiophene rings is 1. The summed E-state index contributed by atoms with van der Waals surface area (Å²) in [5.41, 5.74) is 0. The van der Waals surface area contributed by atoms with Crippen LogP contribution in [0.3, 0.4) is 0 Å². The van der Waals surface area contributed by atoms with Crippen LogP contribution in [0.2, 0.25) is 0 Å². The molecule has 26 heavy (non-hydrogen) atoms. The van der Waals surface area contributed by atoms with Gasteiger partial charge in [0.1, 0.15) is 4.90 Å². The van der Waals surface area contributed by atoms with E-state index in [9.17, 15) is 8.42 Å². The molecule has 1 aliphatic heterocycles. The lowest BCUT2D eigenvalue weighted by Gasteiger charge is -2.33. The highest BCUT2D eigenvalue weighted by Crippen LogP contribution is 2.22. The fourth-order valence-electron chi connectivity index (χ4n) is 2.79. The van der Waals surface area contributed by atoms with E-state index in [4.69, 9.17) is 4.52 Å². The van der Waals surface area contributed by atoms with Gasteiger partial charge in [-0.05, 0) is 23.6 Å². The van der Waals surface area contributed by atoms with Gasteiger partial charge in [0.05, 0.1) is 11.4 Å². The third-order valence-corrected chi connectivity index (χ3v) is 6.92. The molecule has 0 bridgehead atoms. The lowest BCUT2D eigenvalue weighted by atomic mass is 10.3. The Kier molecular flexibility index (Phi) is 4.81. The van der Waals surface area contributed by atoms with Crippen molar-refractivity contribution in [3.8, 4) is 10.7 Å². The van der Waals surface area contributed by atoms with Crippen LogP contribution in [0.1, 0.15) is 5.89 Å². The number of hydrogen-bond donors (Lipinski definition) is 0. The third kappa shape index (κ3) is 3.54. The van der Waals surface area contributed by atoms with Crippen LogP contribution in [0, 0.1) is 0 Å². The molecule has 0 aliphatic carbocycles. The van der Waals surface area contributed by atoms with Crippen molar-refractivity contribution in [3.63, 3.8) is 0 Å². The van der Waals surface area contributed by atoms with Crippen molar-refractivity contribution in [2.75, 3.05) is 26.2 Å². The van der Waals surface area contributed by atoms with Crippen molar-refractivity contribution in [3.05, 3.63) is 47.9 Å². The summed E-state index contributed by atoms with van der Waals surface area (Å²) in [6.07, 6.45) is 2.94. The lowest BCUT2D eigenvalue weighted by molar-refractivity contribution is 0.163. The molecular weight excluding hydrogens is 374 g/mol. The van der Waals surface area contributed by atoms with Crippen molar-refractivity contribution in [2.24, 2.45) is 0 Å². The molecule has 8 nitrogen and oxygen atoms in total. The van der Waals surface area contributed by atoms with Crippen LogP contribution in [0.15, 0.2) is 51.5 Å². The fraction of sp³-hybridized carbons (Fsp3) is 0.312. The van der Waals surface area contributed by atoms with E-state index in [1.807, 2.05) is 17.5 Å². The van der Waals surface area contributed by atoms with E-state index in [0.29, 0.717) is 44.4 Å². The molecule has 4 heterocycles. The molecule has 3 aromatic heterocycles. The Balaban J connectivity index is 1.37. The predicted molar refractivity (Wildman–Crippen MR) is 95.9 cm³/mol. The van der Waals surface area contributed by atoms with Gasteiger partial charge in [-0.1, -0.05) is 11.2 Å². The molecule has 3 aromatic rings. The fourth-order valence-corrected chi connectivity index (χ4v) is 4.83. The van der Waals surface area contributed by atoms with Crippen molar-refractivity contribution in [1.82, 2.24) is 24.3 Å². The number of hydrogen-bond acceptors (Lipinski definition) is 8. The first-order valence-electron chi connectivity index (χ1n) is 8.12. The van der Waals surface area contributed by atoms with Crippen LogP contribution in [0.25, 0.3) is 10.7 Å². The molecule has 1 fully saturated rings. The van der Waals surface area contributed by atoms with Gasteiger partial charge >= 0.3 is 0 Å². The van der Waals surface area contributed by atoms with E-state index in [2.05, 4.69) is 20.0 Å². The largest absolute Gasteiger partial charge is 0.338 e. The van der Waals surface area contributed by atoms with Crippen molar-refractivity contribution >= 4 is 21.4 Å². The summed E-state index contributed by atoms with van der Waals surface area (Å²) >= 11 is 1.56. The maximum Gasteiger partial charge on any atom is 0.244 e. The number of piperazine rings is 1. The Bertz CT molecular complexity index is 949. The van der Waals surface area contributed by atoms with Gasteiger partial charge in [0, 0.05) is 38.6 Å². The molecule has 0 aromatic carbocycles.